The first-order chi connectivity index (χ1) is 14.3. The van der Waals surface area contributed by atoms with E-state index in [-0.39, 0.29) is 12.5 Å². The van der Waals surface area contributed by atoms with E-state index in [9.17, 15) is 4.79 Å². The van der Waals surface area contributed by atoms with Crippen molar-refractivity contribution in [2.24, 2.45) is 0 Å². The lowest BCUT2D eigenvalue weighted by molar-refractivity contribution is -0.435. The van der Waals surface area contributed by atoms with Crippen LogP contribution in [-0.2, 0) is 25.1 Å². The molecule has 0 aliphatic carbocycles. The summed E-state index contributed by atoms with van der Waals surface area (Å²) in [6.45, 7) is 3.72. The smallest absolute Gasteiger partial charge is 0.253 e. The molecule has 0 aliphatic rings. The molecule has 154 valence electrons. The third kappa shape index (κ3) is 6.79. The molecule has 0 radical (unpaired) electrons. The number of benzene rings is 2. The molecule has 0 amide bonds. The average Bonchev–Trinajstić information content (AvgIpc) is 2.78. The normalized spacial score (nSPS) is 12.7. The number of aldehydes is 1. The highest BCUT2D eigenvalue weighted by atomic mass is 17.2. The van der Waals surface area contributed by atoms with E-state index >= 15 is 0 Å². The minimum absolute atomic E-state index is 0.254. The molecule has 4 nitrogen and oxygen atoms in total. The van der Waals surface area contributed by atoms with Gasteiger partial charge in [0.05, 0.1) is 0 Å². The molecule has 4 heteroatoms. The van der Waals surface area contributed by atoms with Gasteiger partial charge in [0.15, 0.2) is 0 Å². The Hall–Kier alpha value is -2.53. The van der Waals surface area contributed by atoms with E-state index in [1.54, 1.807) is 7.11 Å². The van der Waals surface area contributed by atoms with Crippen molar-refractivity contribution in [2.75, 3.05) is 7.11 Å². The molecule has 0 spiro atoms. The SMILES string of the molecule is C=CCC/C=C/CC[C@@H](CC=O)OOC(OC)(c1ccccc1)c1ccccc1. The van der Waals surface area contributed by atoms with Gasteiger partial charge in [-0.1, -0.05) is 78.9 Å². The largest absolute Gasteiger partial charge is 0.344 e. The quantitative estimate of drug-likeness (QED) is 0.102. The van der Waals surface area contributed by atoms with Crippen molar-refractivity contribution in [3.8, 4) is 0 Å². The van der Waals surface area contributed by atoms with E-state index in [1.807, 2.05) is 66.7 Å². The number of hydrogen-bond donors (Lipinski definition) is 0. The zero-order chi connectivity index (χ0) is 20.8. The summed E-state index contributed by atoms with van der Waals surface area (Å²) in [5.41, 5.74) is 1.62. The Morgan fingerprint density at radius 3 is 2.03 bits per heavy atom. The van der Waals surface area contributed by atoms with Crippen LogP contribution in [0.5, 0.6) is 0 Å². The highest BCUT2D eigenvalue weighted by Gasteiger charge is 2.38. The van der Waals surface area contributed by atoms with Crippen LogP contribution in [0.2, 0.25) is 0 Å². The summed E-state index contributed by atoms with van der Waals surface area (Å²) in [4.78, 5) is 22.8. The Morgan fingerprint density at radius 1 is 0.931 bits per heavy atom. The van der Waals surface area contributed by atoms with Crippen molar-refractivity contribution in [1.82, 2.24) is 0 Å². The molecule has 2 aromatic rings. The molecule has 0 unspecified atom stereocenters. The first-order valence-electron chi connectivity index (χ1n) is 9.97. The molecule has 2 rings (SSSR count). The average molecular weight is 395 g/mol. The van der Waals surface area contributed by atoms with Crippen LogP contribution < -0.4 is 0 Å². The van der Waals surface area contributed by atoms with Crippen LogP contribution in [0.3, 0.4) is 0 Å². The standard InChI is InChI=1S/C25H30O4/c1-3-4-5-6-7-14-19-24(20-21-26)28-29-25(27-2,22-15-10-8-11-16-22)23-17-12-9-13-18-23/h3,6-13,15-18,21,24H,1,4-5,14,19-20H2,2H3/b7-6+/t24-/m0/s1. The van der Waals surface area contributed by atoms with E-state index in [4.69, 9.17) is 14.5 Å². The Bertz CT molecular complexity index is 700. The molecule has 0 heterocycles. The summed E-state index contributed by atoms with van der Waals surface area (Å²) >= 11 is 0. The van der Waals surface area contributed by atoms with Crippen LogP contribution >= 0.6 is 0 Å². The van der Waals surface area contributed by atoms with Gasteiger partial charge in [-0.25, -0.2) is 4.89 Å². The van der Waals surface area contributed by atoms with Gasteiger partial charge in [-0.15, -0.1) is 6.58 Å². The monoisotopic (exact) mass is 394 g/mol. The number of ether oxygens (including phenoxy) is 1. The van der Waals surface area contributed by atoms with Crippen LogP contribution in [0, 0.1) is 0 Å². The van der Waals surface area contributed by atoms with Crippen LogP contribution in [0.15, 0.2) is 85.5 Å². The van der Waals surface area contributed by atoms with Crippen LogP contribution in [0.1, 0.15) is 43.2 Å². The molecule has 0 aliphatic heterocycles. The molecule has 2 aromatic carbocycles. The van der Waals surface area contributed by atoms with Gasteiger partial charge in [-0.05, 0) is 25.7 Å². The predicted octanol–water partition coefficient (Wildman–Crippen LogP) is 5.74. The molecule has 0 aromatic heterocycles. The summed E-state index contributed by atoms with van der Waals surface area (Å²) in [5, 5.41) is 0. The van der Waals surface area contributed by atoms with Crippen molar-refractivity contribution in [2.45, 2.75) is 44.0 Å². The molecular formula is C25H30O4. The molecular weight excluding hydrogens is 364 g/mol. The topological polar surface area (TPSA) is 44.8 Å². The highest BCUT2D eigenvalue weighted by molar-refractivity contribution is 5.50. The van der Waals surface area contributed by atoms with E-state index in [0.717, 1.165) is 36.7 Å². The van der Waals surface area contributed by atoms with Gasteiger partial charge in [-0.3, -0.25) is 0 Å². The first kappa shape index (κ1) is 22.8. The maximum atomic E-state index is 11.1. The van der Waals surface area contributed by atoms with Gasteiger partial charge < -0.3 is 9.53 Å². The Kier molecular flexibility index (Phi) is 10.1. The summed E-state index contributed by atoms with van der Waals surface area (Å²) in [6, 6.07) is 19.3. The molecule has 0 saturated carbocycles. The summed E-state index contributed by atoms with van der Waals surface area (Å²) < 4.78 is 5.85. The van der Waals surface area contributed by atoms with Crippen LogP contribution in [0.25, 0.3) is 0 Å². The number of carbonyl (C=O) groups excluding carboxylic acids is 1. The van der Waals surface area contributed by atoms with Crippen molar-refractivity contribution in [3.05, 3.63) is 96.6 Å². The number of allylic oxidation sites excluding steroid dienone is 3. The van der Waals surface area contributed by atoms with Gasteiger partial charge in [0.2, 0.25) is 0 Å². The molecule has 29 heavy (non-hydrogen) atoms. The van der Waals surface area contributed by atoms with Crippen molar-refractivity contribution in [3.63, 3.8) is 0 Å². The molecule has 0 bridgehead atoms. The second-order valence-electron chi connectivity index (χ2n) is 6.67. The molecule has 0 N–H and O–H groups in total. The highest BCUT2D eigenvalue weighted by Crippen LogP contribution is 2.35. The van der Waals surface area contributed by atoms with Gasteiger partial charge in [-0.2, -0.15) is 4.89 Å². The van der Waals surface area contributed by atoms with Crippen molar-refractivity contribution < 1.29 is 19.3 Å². The van der Waals surface area contributed by atoms with Gasteiger partial charge >= 0.3 is 0 Å². The van der Waals surface area contributed by atoms with E-state index < -0.39 is 5.79 Å². The minimum Gasteiger partial charge on any atom is -0.344 e. The number of rotatable bonds is 14. The Labute approximate surface area is 173 Å². The number of unbranched alkanes of at least 4 members (excludes halogenated alkanes) is 1. The molecule has 0 saturated heterocycles. The van der Waals surface area contributed by atoms with Crippen molar-refractivity contribution in [1.29, 1.82) is 0 Å². The number of hydrogen-bond acceptors (Lipinski definition) is 4. The third-order valence-electron chi connectivity index (χ3n) is 4.62. The van der Waals surface area contributed by atoms with Gasteiger partial charge in [0, 0.05) is 24.7 Å². The second kappa shape index (κ2) is 12.8. The van der Waals surface area contributed by atoms with Gasteiger partial charge in [0.25, 0.3) is 5.79 Å². The lowest BCUT2D eigenvalue weighted by Gasteiger charge is -2.33. The third-order valence-corrected chi connectivity index (χ3v) is 4.62. The molecule has 1 atom stereocenters. The summed E-state index contributed by atoms with van der Waals surface area (Å²) in [6.07, 6.45) is 10.3. The van der Waals surface area contributed by atoms with Crippen LogP contribution in [0.4, 0.5) is 0 Å². The first-order valence-corrected chi connectivity index (χ1v) is 9.97. The fraction of sp³-hybridized carbons (Fsp3) is 0.320. The number of carbonyl (C=O) groups is 1. The lowest BCUT2D eigenvalue weighted by Crippen LogP contribution is -2.35. The second-order valence-corrected chi connectivity index (χ2v) is 6.67. The Morgan fingerprint density at radius 2 is 1.52 bits per heavy atom. The Balaban J connectivity index is 2.14. The fourth-order valence-electron chi connectivity index (χ4n) is 3.03. The minimum atomic E-state index is -1.22. The fourth-order valence-corrected chi connectivity index (χ4v) is 3.03. The molecule has 0 fully saturated rings. The van der Waals surface area contributed by atoms with Gasteiger partial charge in [0.1, 0.15) is 12.4 Å². The van der Waals surface area contributed by atoms with E-state index in [2.05, 4.69) is 18.7 Å². The van der Waals surface area contributed by atoms with Crippen molar-refractivity contribution >= 4 is 6.29 Å². The van der Waals surface area contributed by atoms with Crippen LogP contribution in [-0.4, -0.2) is 19.5 Å². The van der Waals surface area contributed by atoms with E-state index in [1.165, 1.54) is 0 Å². The summed E-state index contributed by atoms with van der Waals surface area (Å²) in [5.74, 6) is -1.22. The predicted molar refractivity (Wildman–Crippen MR) is 115 cm³/mol. The zero-order valence-electron chi connectivity index (χ0n) is 17.0. The van der Waals surface area contributed by atoms with E-state index in [0.29, 0.717) is 6.42 Å². The zero-order valence-corrected chi connectivity index (χ0v) is 17.0. The lowest BCUT2D eigenvalue weighted by atomic mass is 9.97. The summed E-state index contributed by atoms with van der Waals surface area (Å²) in [7, 11) is 1.58. The maximum Gasteiger partial charge on any atom is 0.253 e. The maximum absolute atomic E-state index is 11.1. The number of methoxy groups -OCH3 is 1.